The van der Waals surface area contributed by atoms with Crippen LogP contribution in [-0.4, -0.2) is 21.2 Å². The van der Waals surface area contributed by atoms with E-state index in [1.165, 1.54) is 0 Å². The highest BCUT2D eigenvalue weighted by atomic mass is 32.1. The van der Waals surface area contributed by atoms with Crippen molar-refractivity contribution in [1.29, 1.82) is 0 Å². The molecule has 3 aromatic carbocycles. The Kier molecular flexibility index (Phi) is 3.32. The highest BCUT2D eigenvalue weighted by Crippen LogP contribution is 2.49. The smallest absolute Gasteiger partial charge is 0.341 e. The molecule has 0 amide bonds. The number of hydrogen-bond donors (Lipinski definition) is 2. The molecular formula is C20H11N3O3S. The van der Waals surface area contributed by atoms with E-state index in [-0.39, 0.29) is 17.0 Å². The molecule has 0 aliphatic carbocycles. The van der Waals surface area contributed by atoms with Crippen molar-refractivity contribution in [3.8, 4) is 27.4 Å². The van der Waals surface area contributed by atoms with Crippen LogP contribution in [0.4, 0.5) is 11.4 Å². The van der Waals surface area contributed by atoms with Crippen molar-refractivity contribution in [3.05, 3.63) is 60.2 Å². The molecule has 1 aliphatic heterocycles. The van der Waals surface area contributed by atoms with Gasteiger partial charge in [-0.25, -0.2) is 9.78 Å². The van der Waals surface area contributed by atoms with Gasteiger partial charge in [-0.2, -0.15) is 0 Å². The summed E-state index contributed by atoms with van der Waals surface area (Å²) in [5, 5.41) is 28.3. The summed E-state index contributed by atoms with van der Waals surface area (Å²) in [7, 11) is 0. The van der Waals surface area contributed by atoms with Gasteiger partial charge in [-0.15, -0.1) is 21.6 Å². The van der Waals surface area contributed by atoms with Crippen LogP contribution < -0.4 is 0 Å². The van der Waals surface area contributed by atoms with E-state index < -0.39 is 5.97 Å². The van der Waals surface area contributed by atoms with Crippen LogP contribution in [-0.2, 0) is 0 Å². The molecule has 130 valence electrons. The second-order valence-electron chi connectivity index (χ2n) is 6.08. The van der Waals surface area contributed by atoms with Gasteiger partial charge < -0.3 is 10.2 Å². The van der Waals surface area contributed by atoms with Gasteiger partial charge in [0, 0.05) is 11.1 Å². The molecule has 27 heavy (non-hydrogen) atoms. The van der Waals surface area contributed by atoms with Gasteiger partial charge in [0.1, 0.15) is 27.7 Å². The summed E-state index contributed by atoms with van der Waals surface area (Å²) in [6.07, 6.45) is 0. The SMILES string of the molecule is O=C(O)c1c(O)c(-c2ccc(-c3nc4ccccc4s3)cc2)cc2c1N=N2. The van der Waals surface area contributed by atoms with Crippen molar-refractivity contribution in [3.63, 3.8) is 0 Å². The number of carbonyl (C=O) groups is 1. The molecule has 5 rings (SSSR count). The fraction of sp³-hybridized carbons (Fsp3) is 0. The van der Waals surface area contributed by atoms with E-state index in [9.17, 15) is 15.0 Å². The Hall–Kier alpha value is -3.58. The number of azo groups is 1. The number of benzene rings is 3. The molecule has 0 bridgehead atoms. The molecule has 0 saturated carbocycles. The Bertz CT molecular complexity index is 1230. The molecule has 0 radical (unpaired) electrons. The van der Waals surface area contributed by atoms with Crippen molar-refractivity contribution in [2.75, 3.05) is 0 Å². The van der Waals surface area contributed by atoms with Gasteiger partial charge in [0.15, 0.2) is 0 Å². The van der Waals surface area contributed by atoms with Crippen LogP contribution in [0.2, 0.25) is 0 Å². The molecular weight excluding hydrogens is 362 g/mol. The van der Waals surface area contributed by atoms with Gasteiger partial charge in [-0.1, -0.05) is 36.4 Å². The number of fused-ring (bicyclic) bond motifs is 2. The third-order valence-corrected chi connectivity index (χ3v) is 5.55. The normalized spacial score (nSPS) is 12.0. The number of para-hydroxylation sites is 1. The van der Waals surface area contributed by atoms with Crippen LogP contribution in [0.5, 0.6) is 5.75 Å². The predicted molar refractivity (Wildman–Crippen MR) is 103 cm³/mol. The number of aromatic carboxylic acids is 1. The number of hydrogen-bond acceptors (Lipinski definition) is 6. The van der Waals surface area contributed by atoms with Gasteiger partial charge in [0.2, 0.25) is 0 Å². The van der Waals surface area contributed by atoms with E-state index in [1.807, 2.05) is 48.5 Å². The van der Waals surface area contributed by atoms with Gasteiger partial charge in [-0.3, -0.25) is 0 Å². The monoisotopic (exact) mass is 373 g/mol. The largest absolute Gasteiger partial charge is 0.506 e. The molecule has 0 spiro atoms. The number of rotatable bonds is 3. The number of aromatic hydroxyl groups is 1. The Morgan fingerprint density at radius 2 is 1.70 bits per heavy atom. The summed E-state index contributed by atoms with van der Waals surface area (Å²) < 4.78 is 1.12. The first-order chi connectivity index (χ1) is 13.1. The summed E-state index contributed by atoms with van der Waals surface area (Å²) in [6.45, 7) is 0. The van der Waals surface area contributed by atoms with E-state index in [2.05, 4.69) is 15.2 Å². The molecule has 1 aliphatic rings. The standard InChI is InChI=1S/C20H11N3O3S/c24-18-12(9-14-17(23-22-14)16(18)20(25)26)10-5-7-11(8-6-10)19-21-13-3-1-2-4-15(13)27-19/h1-9,24H,(H,25,26). The number of nitrogens with zero attached hydrogens (tertiary/aromatic N) is 3. The van der Waals surface area contributed by atoms with Crippen LogP contribution >= 0.6 is 11.3 Å². The zero-order chi connectivity index (χ0) is 18.5. The van der Waals surface area contributed by atoms with Gasteiger partial charge >= 0.3 is 5.97 Å². The Balaban J connectivity index is 1.57. The highest BCUT2D eigenvalue weighted by molar-refractivity contribution is 7.21. The predicted octanol–water partition coefficient (Wildman–Crippen LogP) is 5.76. The summed E-state index contributed by atoms with van der Waals surface area (Å²) in [5.74, 6) is -1.53. The lowest BCUT2D eigenvalue weighted by atomic mass is 9.97. The number of aromatic nitrogens is 1. The van der Waals surface area contributed by atoms with Crippen LogP contribution in [0.15, 0.2) is 64.8 Å². The summed E-state index contributed by atoms with van der Waals surface area (Å²) in [4.78, 5) is 16.1. The van der Waals surface area contributed by atoms with Crippen LogP contribution in [0, 0.1) is 0 Å². The number of carboxylic acids is 1. The Labute approximate surface area is 157 Å². The summed E-state index contributed by atoms with van der Waals surface area (Å²) in [5.41, 5.74) is 3.50. The average molecular weight is 373 g/mol. The summed E-state index contributed by atoms with van der Waals surface area (Å²) in [6, 6.07) is 17.1. The van der Waals surface area contributed by atoms with Crippen molar-refractivity contribution in [2.24, 2.45) is 10.2 Å². The topological polar surface area (TPSA) is 95.1 Å². The molecule has 6 nitrogen and oxygen atoms in total. The van der Waals surface area contributed by atoms with Gasteiger partial charge in [0.25, 0.3) is 0 Å². The van der Waals surface area contributed by atoms with Crippen LogP contribution in [0.1, 0.15) is 10.4 Å². The molecule has 7 heteroatoms. The maximum atomic E-state index is 11.5. The van der Waals surface area contributed by atoms with Gasteiger partial charge in [-0.05, 0) is 23.8 Å². The number of carboxylic acid groups (broad SMARTS) is 1. The Morgan fingerprint density at radius 3 is 2.37 bits per heavy atom. The summed E-state index contributed by atoms with van der Waals surface area (Å²) >= 11 is 1.61. The van der Waals surface area contributed by atoms with Gasteiger partial charge in [0.05, 0.1) is 10.2 Å². The van der Waals surface area contributed by atoms with Crippen molar-refractivity contribution >= 4 is 38.9 Å². The van der Waals surface area contributed by atoms with Crippen LogP contribution in [0.3, 0.4) is 0 Å². The second-order valence-corrected chi connectivity index (χ2v) is 7.12. The number of phenols is 1. The first-order valence-electron chi connectivity index (χ1n) is 8.13. The van der Waals surface area contributed by atoms with Crippen LogP contribution in [0.25, 0.3) is 31.9 Å². The van der Waals surface area contributed by atoms with E-state index >= 15 is 0 Å². The minimum Gasteiger partial charge on any atom is -0.506 e. The first-order valence-corrected chi connectivity index (χ1v) is 8.95. The fourth-order valence-corrected chi connectivity index (χ4v) is 4.07. The molecule has 0 unspecified atom stereocenters. The maximum absolute atomic E-state index is 11.5. The molecule has 2 heterocycles. The molecule has 0 atom stereocenters. The zero-order valence-electron chi connectivity index (χ0n) is 13.7. The number of thiazole rings is 1. The molecule has 1 aromatic heterocycles. The Morgan fingerprint density at radius 1 is 0.963 bits per heavy atom. The third kappa shape index (κ3) is 2.40. The lowest BCUT2D eigenvalue weighted by Gasteiger charge is -2.15. The third-order valence-electron chi connectivity index (χ3n) is 4.46. The van der Waals surface area contributed by atoms with E-state index in [0.29, 0.717) is 16.8 Å². The minimum absolute atomic E-state index is 0.215. The molecule has 2 N–H and O–H groups in total. The van der Waals surface area contributed by atoms with Crippen molar-refractivity contribution in [2.45, 2.75) is 0 Å². The minimum atomic E-state index is -1.23. The molecule has 0 fully saturated rings. The second kappa shape index (κ2) is 5.72. The fourth-order valence-electron chi connectivity index (χ4n) is 3.10. The maximum Gasteiger partial charge on any atom is 0.341 e. The lowest BCUT2D eigenvalue weighted by molar-refractivity contribution is 0.0694. The van der Waals surface area contributed by atoms with E-state index in [1.54, 1.807) is 17.4 Å². The first kappa shape index (κ1) is 15.7. The lowest BCUT2D eigenvalue weighted by Crippen LogP contribution is -2.01. The van der Waals surface area contributed by atoms with E-state index in [0.717, 1.165) is 20.8 Å². The van der Waals surface area contributed by atoms with E-state index in [4.69, 9.17) is 0 Å². The zero-order valence-corrected chi connectivity index (χ0v) is 14.6. The van der Waals surface area contributed by atoms with Crippen molar-refractivity contribution < 1.29 is 15.0 Å². The quantitative estimate of drug-likeness (QED) is 0.420. The molecule has 0 saturated heterocycles. The van der Waals surface area contributed by atoms with Crippen molar-refractivity contribution in [1.82, 2.24) is 4.98 Å². The average Bonchev–Trinajstić information content (AvgIpc) is 3.08. The molecule has 4 aromatic rings. The highest BCUT2D eigenvalue weighted by Gasteiger charge is 2.27.